The van der Waals surface area contributed by atoms with Crippen LogP contribution in [0.4, 0.5) is 4.39 Å². The first-order valence-electron chi connectivity index (χ1n) is 5.89. The van der Waals surface area contributed by atoms with Crippen LogP contribution < -0.4 is 0 Å². The Kier molecular flexibility index (Phi) is 5.62. The summed E-state index contributed by atoms with van der Waals surface area (Å²) in [5.41, 5.74) is 1.34. The van der Waals surface area contributed by atoms with Crippen LogP contribution in [0.3, 0.4) is 0 Å². The molecule has 1 aliphatic heterocycles. The van der Waals surface area contributed by atoms with Crippen LogP contribution in [0.1, 0.15) is 26.2 Å². The van der Waals surface area contributed by atoms with Gasteiger partial charge in [0.05, 0.1) is 0 Å². The van der Waals surface area contributed by atoms with Crippen molar-refractivity contribution in [2.75, 3.05) is 26.8 Å². The number of likely N-dealkylation sites (tertiary alicyclic amines) is 1. The van der Waals surface area contributed by atoms with Crippen molar-refractivity contribution < 1.29 is 4.39 Å². The van der Waals surface area contributed by atoms with Gasteiger partial charge < -0.3 is 4.90 Å². The minimum Gasteiger partial charge on any atom is -0.306 e. The smallest absolute Gasteiger partial charge is 0.108 e. The van der Waals surface area contributed by atoms with Crippen LogP contribution in [-0.4, -0.2) is 31.7 Å². The van der Waals surface area contributed by atoms with E-state index in [4.69, 9.17) is 0 Å². The Morgan fingerprint density at radius 1 is 1.40 bits per heavy atom. The van der Waals surface area contributed by atoms with E-state index in [9.17, 15) is 4.39 Å². The molecule has 1 rings (SSSR count). The standard InChI is InChI=1S/C13H22FN/c1-3-5-12(6-4-9-14)13-7-10-15(2)11-8-13/h4-6,13H,3,7-11H2,1-2H3/b6-4-,12-5+. The SMILES string of the molecule is CC/C=C(\C=C/CF)C1CCN(C)CC1. The molecule has 86 valence electrons. The molecule has 15 heavy (non-hydrogen) atoms. The molecular formula is C13H22FN. The maximum absolute atomic E-state index is 12.1. The van der Waals surface area contributed by atoms with Crippen LogP contribution in [0.15, 0.2) is 23.8 Å². The molecular weight excluding hydrogens is 189 g/mol. The normalized spacial score (nSPS) is 21.4. The van der Waals surface area contributed by atoms with Crippen molar-refractivity contribution in [2.24, 2.45) is 5.92 Å². The zero-order chi connectivity index (χ0) is 11.1. The molecule has 0 radical (unpaired) electrons. The Labute approximate surface area is 92.7 Å². The summed E-state index contributed by atoms with van der Waals surface area (Å²) in [6.45, 7) is 4.11. The summed E-state index contributed by atoms with van der Waals surface area (Å²) in [4.78, 5) is 2.36. The molecule has 1 fully saturated rings. The second-order valence-corrected chi connectivity index (χ2v) is 4.25. The maximum atomic E-state index is 12.1. The molecule has 2 heteroatoms. The van der Waals surface area contributed by atoms with E-state index in [0.717, 1.165) is 19.5 Å². The second kappa shape index (κ2) is 6.78. The summed E-state index contributed by atoms with van der Waals surface area (Å²) < 4.78 is 12.1. The number of alkyl halides is 1. The molecule has 0 aliphatic carbocycles. The highest BCUT2D eigenvalue weighted by Gasteiger charge is 2.18. The van der Waals surface area contributed by atoms with E-state index in [-0.39, 0.29) is 6.67 Å². The van der Waals surface area contributed by atoms with Gasteiger partial charge in [-0.1, -0.05) is 25.2 Å². The number of nitrogens with zero attached hydrogens (tertiary/aromatic N) is 1. The van der Waals surface area contributed by atoms with E-state index in [1.165, 1.54) is 18.4 Å². The molecule has 1 aliphatic rings. The molecule has 0 spiro atoms. The fourth-order valence-electron chi connectivity index (χ4n) is 2.13. The highest BCUT2D eigenvalue weighted by Crippen LogP contribution is 2.25. The zero-order valence-electron chi connectivity index (χ0n) is 9.88. The molecule has 0 aromatic heterocycles. The maximum Gasteiger partial charge on any atom is 0.108 e. The van der Waals surface area contributed by atoms with Crippen molar-refractivity contribution in [1.82, 2.24) is 4.90 Å². The van der Waals surface area contributed by atoms with Gasteiger partial charge in [0.25, 0.3) is 0 Å². The highest BCUT2D eigenvalue weighted by atomic mass is 19.1. The predicted octanol–water partition coefficient (Wildman–Crippen LogP) is 3.19. The molecule has 0 aromatic rings. The Balaban J connectivity index is 2.56. The minimum atomic E-state index is -0.353. The van der Waals surface area contributed by atoms with Gasteiger partial charge in [-0.15, -0.1) is 0 Å². The lowest BCUT2D eigenvalue weighted by Crippen LogP contribution is -2.30. The molecule has 0 atom stereocenters. The topological polar surface area (TPSA) is 3.24 Å². The van der Waals surface area contributed by atoms with Crippen LogP contribution in [-0.2, 0) is 0 Å². The monoisotopic (exact) mass is 211 g/mol. The van der Waals surface area contributed by atoms with Crippen LogP contribution in [0, 0.1) is 5.92 Å². The third kappa shape index (κ3) is 4.17. The van der Waals surface area contributed by atoms with Gasteiger partial charge in [-0.05, 0) is 50.9 Å². The average Bonchev–Trinajstić information content (AvgIpc) is 2.25. The minimum absolute atomic E-state index is 0.353. The van der Waals surface area contributed by atoms with E-state index in [1.807, 2.05) is 6.08 Å². The summed E-state index contributed by atoms with van der Waals surface area (Å²) in [6, 6.07) is 0. The largest absolute Gasteiger partial charge is 0.306 e. The highest BCUT2D eigenvalue weighted by molar-refractivity contribution is 5.22. The van der Waals surface area contributed by atoms with Crippen molar-refractivity contribution in [3.63, 3.8) is 0 Å². The number of halogens is 1. The first-order valence-corrected chi connectivity index (χ1v) is 5.89. The molecule has 0 unspecified atom stereocenters. The van der Waals surface area contributed by atoms with Gasteiger partial charge in [0.1, 0.15) is 6.67 Å². The lowest BCUT2D eigenvalue weighted by Gasteiger charge is -2.29. The van der Waals surface area contributed by atoms with Crippen molar-refractivity contribution in [2.45, 2.75) is 26.2 Å². The molecule has 1 saturated heterocycles. The predicted molar refractivity (Wildman–Crippen MR) is 63.7 cm³/mol. The van der Waals surface area contributed by atoms with Crippen molar-refractivity contribution in [3.05, 3.63) is 23.8 Å². The molecule has 0 N–H and O–H groups in total. The first kappa shape index (κ1) is 12.4. The van der Waals surface area contributed by atoms with Crippen molar-refractivity contribution in [1.29, 1.82) is 0 Å². The summed E-state index contributed by atoms with van der Waals surface area (Å²) in [7, 11) is 2.16. The third-order valence-electron chi connectivity index (χ3n) is 3.03. The molecule has 0 bridgehead atoms. The van der Waals surface area contributed by atoms with E-state index in [0.29, 0.717) is 5.92 Å². The number of rotatable bonds is 4. The van der Waals surface area contributed by atoms with Gasteiger partial charge in [0.2, 0.25) is 0 Å². The Morgan fingerprint density at radius 3 is 2.60 bits per heavy atom. The Hall–Kier alpha value is -0.630. The fraction of sp³-hybridized carbons (Fsp3) is 0.692. The van der Waals surface area contributed by atoms with Gasteiger partial charge in [-0.2, -0.15) is 0 Å². The summed E-state index contributed by atoms with van der Waals surface area (Å²) in [6.07, 6.45) is 9.29. The summed E-state index contributed by atoms with van der Waals surface area (Å²) >= 11 is 0. The average molecular weight is 211 g/mol. The number of hydrogen-bond acceptors (Lipinski definition) is 1. The van der Waals surface area contributed by atoms with Crippen LogP contribution in [0.25, 0.3) is 0 Å². The van der Waals surface area contributed by atoms with E-state index in [2.05, 4.69) is 24.9 Å². The molecule has 0 saturated carbocycles. The Bertz CT molecular complexity index is 225. The zero-order valence-corrected chi connectivity index (χ0v) is 9.88. The fourth-order valence-corrected chi connectivity index (χ4v) is 2.13. The van der Waals surface area contributed by atoms with Crippen molar-refractivity contribution in [3.8, 4) is 0 Å². The lowest BCUT2D eigenvalue weighted by atomic mass is 9.88. The number of allylic oxidation sites excluding steroid dienone is 4. The molecule has 1 heterocycles. The second-order valence-electron chi connectivity index (χ2n) is 4.25. The van der Waals surface area contributed by atoms with E-state index < -0.39 is 0 Å². The number of piperidine rings is 1. The van der Waals surface area contributed by atoms with E-state index >= 15 is 0 Å². The molecule has 1 nitrogen and oxygen atoms in total. The van der Waals surface area contributed by atoms with Crippen LogP contribution in [0.5, 0.6) is 0 Å². The van der Waals surface area contributed by atoms with Crippen molar-refractivity contribution >= 4 is 0 Å². The molecule has 0 aromatic carbocycles. The number of hydrogen-bond donors (Lipinski definition) is 0. The molecule has 0 amide bonds. The summed E-state index contributed by atoms with van der Waals surface area (Å²) in [5, 5.41) is 0. The first-order chi connectivity index (χ1) is 7.27. The third-order valence-corrected chi connectivity index (χ3v) is 3.03. The van der Waals surface area contributed by atoms with Gasteiger partial charge in [-0.3, -0.25) is 0 Å². The van der Waals surface area contributed by atoms with Gasteiger partial charge in [0, 0.05) is 0 Å². The van der Waals surface area contributed by atoms with E-state index in [1.54, 1.807) is 6.08 Å². The summed E-state index contributed by atoms with van der Waals surface area (Å²) in [5.74, 6) is 0.643. The van der Waals surface area contributed by atoms with Gasteiger partial charge in [-0.25, -0.2) is 4.39 Å². The van der Waals surface area contributed by atoms with Gasteiger partial charge >= 0.3 is 0 Å². The quantitative estimate of drug-likeness (QED) is 0.645. The van der Waals surface area contributed by atoms with Crippen LogP contribution in [0.2, 0.25) is 0 Å². The van der Waals surface area contributed by atoms with Gasteiger partial charge in [0.15, 0.2) is 0 Å². The lowest BCUT2D eigenvalue weighted by molar-refractivity contribution is 0.239. The Morgan fingerprint density at radius 2 is 2.07 bits per heavy atom. The van der Waals surface area contributed by atoms with Crippen LogP contribution >= 0.6 is 0 Å².